The standard InChI is InChI=1S/C11H11NO4/c1-7(13)12-8-6-11(4-2-9(8)14)5-3-10(15)16-11/h2,4,6H,3,5H2,1H3,(H,12,13). The van der Waals surface area contributed by atoms with Crippen LogP contribution in [0.5, 0.6) is 0 Å². The number of carbonyl (C=O) groups is 3. The number of hydrogen-bond donors (Lipinski definition) is 1. The summed E-state index contributed by atoms with van der Waals surface area (Å²) < 4.78 is 5.14. The van der Waals surface area contributed by atoms with Crippen LogP contribution in [0.2, 0.25) is 0 Å². The van der Waals surface area contributed by atoms with Crippen molar-refractivity contribution in [3.05, 3.63) is 23.9 Å². The average Bonchev–Trinajstić information content (AvgIpc) is 2.54. The largest absolute Gasteiger partial charge is 0.450 e. The molecule has 1 amide bonds. The molecule has 0 saturated carbocycles. The third kappa shape index (κ3) is 1.88. The van der Waals surface area contributed by atoms with Crippen LogP contribution in [-0.4, -0.2) is 23.3 Å². The molecular formula is C11H11NO4. The third-order valence-corrected chi connectivity index (χ3v) is 2.51. The minimum atomic E-state index is -0.844. The molecule has 1 atom stereocenters. The lowest BCUT2D eigenvalue weighted by Crippen LogP contribution is -2.33. The molecule has 1 unspecified atom stereocenters. The quantitative estimate of drug-likeness (QED) is 0.643. The lowest BCUT2D eigenvalue weighted by atomic mass is 9.92. The molecule has 0 aromatic rings. The Morgan fingerprint density at radius 3 is 2.81 bits per heavy atom. The number of esters is 1. The van der Waals surface area contributed by atoms with E-state index in [2.05, 4.69) is 5.32 Å². The van der Waals surface area contributed by atoms with Gasteiger partial charge in [-0.1, -0.05) is 0 Å². The van der Waals surface area contributed by atoms with Crippen molar-refractivity contribution in [2.75, 3.05) is 0 Å². The van der Waals surface area contributed by atoms with E-state index in [1.165, 1.54) is 19.1 Å². The van der Waals surface area contributed by atoms with E-state index in [0.29, 0.717) is 12.8 Å². The van der Waals surface area contributed by atoms with Gasteiger partial charge in [0.1, 0.15) is 0 Å². The van der Waals surface area contributed by atoms with Crippen molar-refractivity contribution in [1.29, 1.82) is 0 Å². The van der Waals surface area contributed by atoms with Crippen LogP contribution in [0.3, 0.4) is 0 Å². The smallest absolute Gasteiger partial charge is 0.307 e. The fourth-order valence-electron chi connectivity index (χ4n) is 1.79. The zero-order chi connectivity index (χ0) is 11.8. The summed E-state index contributed by atoms with van der Waals surface area (Å²) in [6.07, 6.45) is 5.21. The first kappa shape index (κ1) is 10.6. The minimum Gasteiger partial charge on any atom is -0.450 e. The van der Waals surface area contributed by atoms with E-state index in [1.807, 2.05) is 0 Å². The zero-order valence-electron chi connectivity index (χ0n) is 8.78. The van der Waals surface area contributed by atoms with Crippen LogP contribution in [0, 0.1) is 0 Å². The molecule has 1 aliphatic heterocycles. The first-order valence-corrected chi connectivity index (χ1v) is 4.97. The molecular weight excluding hydrogens is 210 g/mol. The molecule has 0 bridgehead atoms. The van der Waals surface area contributed by atoms with Gasteiger partial charge in [0, 0.05) is 13.3 Å². The van der Waals surface area contributed by atoms with Crippen molar-refractivity contribution in [2.24, 2.45) is 0 Å². The van der Waals surface area contributed by atoms with E-state index in [4.69, 9.17) is 4.74 Å². The van der Waals surface area contributed by atoms with E-state index in [1.54, 1.807) is 6.08 Å². The van der Waals surface area contributed by atoms with E-state index < -0.39 is 5.60 Å². The van der Waals surface area contributed by atoms with E-state index in [0.717, 1.165) is 0 Å². The summed E-state index contributed by atoms with van der Waals surface area (Å²) in [6.45, 7) is 1.32. The predicted octanol–water partition coefficient (Wildman–Crippen LogP) is 0.221. The van der Waals surface area contributed by atoms with Crippen molar-refractivity contribution in [2.45, 2.75) is 25.4 Å². The van der Waals surface area contributed by atoms with Gasteiger partial charge >= 0.3 is 5.97 Å². The lowest BCUT2D eigenvalue weighted by Gasteiger charge is -2.24. The number of rotatable bonds is 1. The van der Waals surface area contributed by atoms with Gasteiger partial charge in [-0.15, -0.1) is 0 Å². The Morgan fingerprint density at radius 2 is 2.25 bits per heavy atom. The van der Waals surface area contributed by atoms with Crippen molar-refractivity contribution in [3.63, 3.8) is 0 Å². The minimum absolute atomic E-state index is 0.171. The van der Waals surface area contributed by atoms with E-state index in [9.17, 15) is 14.4 Å². The third-order valence-electron chi connectivity index (χ3n) is 2.51. The van der Waals surface area contributed by atoms with Gasteiger partial charge < -0.3 is 10.1 Å². The van der Waals surface area contributed by atoms with Gasteiger partial charge in [-0.05, 0) is 18.2 Å². The van der Waals surface area contributed by atoms with Crippen molar-refractivity contribution < 1.29 is 19.1 Å². The Hall–Kier alpha value is -1.91. The van der Waals surface area contributed by atoms with Gasteiger partial charge in [0.15, 0.2) is 5.60 Å². The molecule has 0 aromatic heterocycles. The highest BCUT2D eigenvalue weighted by Gasteiger charge is 2.39. The maximum absolute atomic E-state index is 11.4. The van der Waals surface area contributed by atoms with Crippen LogP contribution in [0.25, 0.3) is 0 Å². The average molecular weight is 221 g/mol. The van der Waals surface area contributed by atoms with Gasteiger partial charge in [-0.3, -0.25) is 14.4 Å². The van der Waals surface area contributed by atoms with Crippen molar-refractivity contribution in [1.82, 2.24) is 5.32 Å². The van der Waals surface area contributed by atoms with Crippen LogP contribution < -0.4 is 5.32 Å². The first-order chi connectivity index (χ1) is 7.51. The second-order valence-electron chi connectivity index (χ2n) is 3.87. The molecule has 1 fully saturated rings. The maximum Gasteiger partial charge on any atom is 0.307 e. The van der Waals surface area contributed by atoms with Gasteiger partial charge in [-0.2, -0.15) is 0 Å². The molecule has 2 rings (SSSR count). The monoisotopic (exact) mass is 221 g/mol. The van der Waals surface area contributed by atoms with Crippen LogP contribution in [0.4, 0.5) is 0 Å². The second kappa shape index (κ2) is 3.59. The highest BCUT2D eigenvalue weighted by atomic mass is 16.6. The summed E-state index contributed by atoms with van der Waals surface area (Å²) in [4.78, 5) is 33.4. The Bertz CT molecular complexity index is 435. The normalized spacial score (nSPS) is 27.9. The van der Waals surface area contributed by atoms with E-state index in [-0.39, 0.29) is 23.4 Å². The summed E-state index contributed by atoms with van der Waals surface area (Å²) in [5.41, 5.74) is -0.673. The predicted molar refractivity (Wildman–Crippen MR) is 54.1 cm³/mol. The van der Waals surface area contributed by atoms with Crippen LogP contribution in [0.15, 0.2) is 23.9 Å². The summed E-state index contributed by atoms with van der Waals surface area (Å²) in [6, 6.07) is 0. The number of nitrogens with one attached hydrogen (secondary N) is 1. The first-order valence-electron chi connectivity index (χ1n) is 4.97. The molecule has 1 spiro atoms. The molecule has 1 aliphatic carbocycles. The number of carbonyl (C=O) groups excluding carboxylic acids is 3. The van der Waals surface area contributed by atoms with E-state index >= 15 is 0 Å². The number of hydrogen-bond acceptors (Lipinski definition) is 4. The molecule has 2 aliphatic rings. The fourth-order valence-corrected chi connectivity index (χ4v) is 1.79. The number of allylic oxidation sites excluding steroid dienone is 1. The highest BCUT2D eigenvalue weighted by molar-refractivity contribution is 6.07. The molecule has 5 heteroatoms. The van der Waals surface area contributed by atoms with Gasteiger partial charge in [0.05, 0.1) is 12.1 Å². The van der Waals surface area contributed by atoms with Gasteiger partial charge in [0.25, 0.3) is 0 Å². The Kier molecular flexibility index (Phi) is 2.38. The number of ether oxygens (including phenoxy) is 1. The van der Waals surface area contributed by atoms with Crippen molar-refractivity contribution >= 4 is 17.7 Å². The van der Waals surface area contributed by atoms with Crippen LogP contribution in [-0.2, 0) is 19.1 Å². The summed E-state index contributed by atoms with van der Waals surface area (Å²) in [7, 11) is 0. The highest BCUT2D eigenvalue weighted by Crippen LogP contribution is 2.32. The number of ketones is 1. The Morgan fingerprint density at radius 1 is 1.50 bits per heavy atom. The molecule has 84 valence electrons. The molecule has 1 heterocycles. The second-order valence-corrected chi connectivity index (χ2v) is 3.87. The molecule has 0 radical (unpaired) electrons. The van der Waals surface area contributed by atoms with Crippen molar-refractivity contribution in [3.8, 4) is 0 Å². The molecule has 1 N–H and O–H groups in total. The topological polar surface area (TPSA) is 72.5 Å². The maximum atomic E-state index is 11.4. The summed E-state index contributed by atoms with van der Waals surface area (Å²) in [5, 5.41) is 2.43. The van der Waals surface area contributed by atoms with Gasteiger partial charge in [-0.25, -0.2) is 0 Å². The summed E-state index contributed by atoms with van der Waals surface area (Å²) in [5.74, 6) is -0.907. The lowest BCUT2D eigenvalue weighted by molar-refractivity contribution is -0.143. The molecule has 1 saturated heterocycles. The zero-order valence-corrected chi connectivity index (χ0v) is 8.78. The SMILES string of the molecule is CC(=O)NC1=CC2(C=CC1=O)CCC(=O)O2. The number of amides is 1. The molecule has 16 heavy (non-hydrogen) atoms. The molecule has 0 aromatic carbocycles. The molecule has 5 nitrogen and oxygen atoms in total. The van der Waals surface area contributed by atoms with Crippen LogP contribution in [0.1, 0.15) is 19.8 Å². The Balaban J connectivity index is 2.27. The fraction of sp³-hybridized carbons (Fsp3) is 0.364. The Labute approximate surface area is 92.1 Å². The van der Waals surface area contributed by atoms with Crippen LogP contribution >= 0.6 is 0 Å². The van der Waals surface area contributed by atoms with Gasteiger partial charge in [0.2, 0.25) is 11.7 Å². The summed E-state index contributed by atoms with van der Waals surface area (Å²) >= 11 is 0.